The maximum atomic E-state index is 12.2. The predicted octanol–water partition coefficient (Wildman–Crippen LogP) is 2.11. The van der Waals surface area contributed by atoms with Crippen LogP contribution in [-0.4, -0.2) is 37.3 Å². The van der Waals surface area contributed by atoms with Crippen molar-refractivity contribution in [1.29, 1.82) is 0 Å². The summed E-state index contributed by atoms with van der Waals surface area (Å²) in [7, 11) is -0.932. The molecule has 1 aromatic carbocycles. The molecule has 0 amide bonds. The van der Waals surface area contributed by atoms with Gasteiger partial charge in [0.15, 0.2) is 5.82 Å². The predicted molar refractivity (Wildman–Crippen MR) is 91.9 cm³/mol. The van der Waals surface area contributed by atoms with Gasteiger partial charge in [-0.25, -0.2) is 9.67 Å². The Hall–Kier alpha value is -1.53. The van der Waals surface area contributed by atoms with E-state index in [4.69, 9.17) is 0 Å². The third-order valence-electron chi connectivity index (χ3n) is 4.12. The molecule has 23 heavy (non-hydrogen) atoms. The molecule has 5 nitrogen and oxygen atoms in total. The molecule has 0 saturated heterocycles. The second-order valence-electron chi connectivity index (χ2n) is 6.28. The number of hydrogen-bond acceptors (Lipinski definition) is 4. The number of nitrogens with zero attached hydrogens (tertiary/aromatic N) is 3. The molecule has 2 unspecified atom stereocenters. The van der Waals surface area contributed by atoms with E-state index in [1.807, 2.05) is 35.0 Å². The minimum Gasteiger partial charge on any atom is -0.311 e. The number of fused-ring (bicyclic) bond motifs is 1. The number of hydrogen-bond donors (Lipinski definition) is 1. The highest BCUT2D eigenvalue weighted by Gasteiger charge is 2.22. The van der Waals surface area contributed by atoms with Crippen LogP contribution >= 0.6 is 0 Å². The second-order valence-corrected chi connectivity index (χ2v) is 7.85. The molecule has 2 heterocycles. The molecule has 124 valence electrons. The lowest BCUT2D eigenvalue weighted by atomic mass is 10.1. The molecule has 1 N–H and O–H groups in total. The van der Waals surface area contributed by atoms with Crippen LogP contribution in [0.15, 0.2) is 35.2 Å². The summed E-state index contributed by atoms with van der Waals surface area (Å²) < 4.78 is 14.2. The van der Waals surface area contributed by atoms with Gasteiger partial charge in [-0.05, 0) is 18.6 Å². The second kappa shape index (κ2) is 7.36. The normalized spacial score (nSPS) is 18.8. The Morgan fingerprint density at radius 3 is 2.87 bits per heavy atom. The first-order valence-electron chi connectivity index (χ1n) is 8.24. The summed E-state index contributed by atoms with van der Waals surface area (Å²) >= 11 is 0. The van der Waals surface area contributed by atoms with Crippen molar-refractivity contribution in [3.8, 4) is 0 Å². The minimum absolute atomic E-state index is 0.368. The third kappa shape index (κ3) is 4.06. The standard InChI is InChI=1S/C17H24N4OS/c1-13(2)17-19-16-9-8-14(12-21(16)20-17)18-10-11-23(22)15-6-4-3-5-7-15/h3-7,13-14,18H,8-12H2,1-2H3. The van der Waals surface area contributed by atoms with Gasteiger partial charge in [0.25, 0.3) is 0 Å². The third-order valence-corrected chi connectivity index (χ3v) is 5.49. The lowest BCUT2D eigenvalue weighted by Crippen LogP contribution is -2.39. The van der Waals surface area contributed by atoms with Gasteiger partial charge < -0.3 is 5.32 Å². The van der Waals surface area contributed by atoms with Crippen molar-refractivity contribution >= 4 is 10.8 Å². The van der Waals surface area contributed by atoms with Crippen molar-refractivity contribution < 1.29 is 4.21 Å². The van der Waals surface area contributed by atoms with Gasteiger partial charge in [-0.1, -0.05) is 32.0 Å². The molecule has 3 rings (SSSR count). The van der Waals surface area contributed by atoms with E-state index >= 15 is 0 Å². The van der Waals surface area contributed by atoms with Gasteiger partial charge >= 0.3 is 0 Å². The zero-order valence-corrected chi connectivity index (χ0v) is 14.6. The zero-order valence-electron chi connectivity index (χ0n) is 13.7. The summed E-state index contributed by atoms with van der Waals surface area (Å²) in [5.41, 5.74) is 0. The molecule has 2 aromatic rings. The van der Waals surface area contributed by atoms with Crippen LogP contribution in [0.5, 0.6) is 0 Å². The molecule has 0 saturated carbocycles. The van der Waals surface area contributed by atoms with Crippen LogP contribution in [0.3, 0.4) is 0 Å². The summed E-state index contributed by atoms with van der Waals surface area (Å²) in [6.07, 6.45) is 2.02. The molecule has 1 aliphatic rings. The van der Waals surface area contributed by atoms with E-state index in [1.165, 1.54) is 0 Å². The maximum Gasteiger partial charge on any atom is 0.153 e. The molecule has 1 aliphatic heterocycles. The van der Waals surface area contributed by atoms with Crippen LogP contribution in [0.4, 0.5) is 0 Å². The van der Waals surface area contributed by atoms with E-state index < -0.39 is 10.8 Å². The van der Waals surface area contributed by atoms with Crippen molar-refractivity contribution in [3.05, 3.63) is 42.0 Å². The van der Waals surface area contributed by atoms with E-state index in [1.54, 1.807) is 0 Å². The molecule has 0 spiro atoms. The Labute approximate surface area is 140 Å². The monoisotopic (exact) mass is 332 g/mol. The number of aromatic nitrogens is 3. The Morgan fingerprint density at radius 2 is 2.13 bits per heavy atom. The summed E-state index contributed by atoms with van der Waals surface area (Å²) in [4.78, 5) is 5.51. The number of rotatable bonds is 6. The van der Waals surface area contributed by atoms with Crippen LogP contribution in [0, 0.1) is 0 Å². The fourth-order valence-electron chi connectivity index (χ4n) is 2.79. The van der Waals surface area contributed by atoms with Gasteiger partial charge in [0, 0.05) is 35.6 Å². The molecule has 1 aromatic heterocycles. The van der Waals surface area contributed by atoms with Crippen LogP contribution in [-0.2, 0) is 23.8 Å². The Balaban J connectivity index is 1.49. The lowest BCUT2D eigenvalue weighted by Gasteiger charge is -2.23. The van der Waals surface area contributed by atoms with Crippen LogP contribution in [0.1, 0.15) is 37.8 Å². The minimum atomic E-state index is -0.932. The van der Waals surface area contributed by atoms with Crippen molar-refractivity contribution in [1.82, 2.24) is 20.1 Å². The molecular weight excluding hydrogens is 308 g/mol. The first-order valence-corrected chi connectivity index (χ1v) is 9.56. The fraction of sp³-hybridized carbons (Fsp3) is 0.529. The summed E-state index contributed by atoms with van der Waals surface area (Å²) in [5, 5.41) is 8.12. The number of nitrogens with one attached hydrogen (secondary N) is 1. The highest BCUT2D eigenvalue weighted by Crippen LogP contribution is 2.17. The largest absolute Gasteiger partial charge is 0.311 e. The zero-order chi connectivity index (χ0) is 16.2. The smallest absolute Gasteiger partial charge is 0.153 e. The molecule has 2 atom stereocenters. The molecule has 0 fully saturated rings. The van der Waals surface area contributed by atoms with E-state index in [0.717, 1.165) is 42.5 Å². The molecule has 6 heteroatoms. The van der Waals surface area contributed by atoms with Crippen LogP contribution in [0.2, 0.25) is 0 Å². The first kappa shape index (κ1) is 16.3. The van der Waals surface area contributed by atoms with Gasteiger partial charge in [0.05, 0.1) is 17.3 Å². The van der Waals surface area contributed by atoms with Crippen molar-refractivity contribution in [3.63, 3.8) is 0 Å². The number of aryl methyl sites for hydroxylation is 1. The van der Waals surface area contributed by atoms with Gasteiger partial charge in [0.1, 0.15) is 5.82 Å². The van der Waals surface area contributed by atoms with Crippen molar-refractivity contribution in [2.75, 3.05) is 12.3 Å². The van der Waals surface area contributed by atoms with E-state index in [-0.39, 0.29) is 0 Å². The average Bonchev–Trinajstić information content (AvgIpc) is 2.99. The number of benzene rings is 1. The topological polar surface area (TPSA) is 59.8 Å². The molecule has 0 radical (unpaired) electrons. The highest BCUT2D eigenvalue weighted by atomic mass is 32.2. The fourth-order valence-corrected chi connectivity index (χ4v) is 3.78. The first-order chi connectivity index (χ1) is 11.1. The van der Waals surface area contributed by atoms with Crippen LogP contribution in [0.25, 0.3) is 0 Å². The summed E-state index contributed by atoms with van der Waals surface area (Å²) in [6.45, 7) is 5.85. The van der Waals surface area contributed by atoms with E-state index in [2.05, 4.69) is 29.2 Å². The van der Waals surface area contributed by atoms with Crippen LogP contribution < -0.4 is 5.32 Å². The van der Waals surface area contributed by atoms with E-state index in [0.29, 0.717) is 17.7 Å². The Kier molecular flexibility index (Phi) is 5.23. The Bertz CT molecular complexity index is 668. The lowest BCUT2D eigenvalue weighted by molar-refractivity contribution is 0.365. The summed E-state index contributed by atoms with van der Waals surface area (Å²) in [6, 6.07) is 10.0. The van der Waals surface area contributed by atoms with Crippen molar-refractivity contribution in [2.24, 2.45) is 0 Å². The van der Waals surface area contributed by atoms with Gasteiger partial charge in [-0.3, -0.25) is 4.21 Å². The molecule has 0 aliphatic carbocycles. The summed E-state index contributed by atoms with van der Waals surface area (Å²) in [5.74, 6) is 3.04. The average molecular weight is 332 g/mol. The highest BCUT2D eigenvalue weighted by molar-refractivity contribution is 7.85. The van der Waals surface area contributed by atoms with Gasteiger partial charge in [-0.2, -0.15) is 5.10 Å². The SMILES string of the molecule is CC(C)c1nc2n(n1)CC(NCCS(=O)c1ccccc1)CC2. The van der Waals surface area contributed by atoms with Crippen molar-refractivity contribution in [2.45, 2.75) is 50.1 Å². The van der Waals surface area contributed by atoms with Gasteiger partial charge in [-0.15, -0.1) is 0 Å². The van der Waals surface area contributed by atoms with E-state index in [9.17, 15) is 4.21 Å². The van der Waals surface area contributed by atoms with Gasteiger partial charge in [0.2, 0.25) is 0 Å². The molecular formula is C17H24N4OS. The quantitative estimate of drug-likeness (QED) is 0.880. The Morgan fingerprint density at radius 1 is 1.35 bits per heavy atom. The maximum absolute atomic E-state index is 12.2. The molecule has 0 bridgehead atoms.